The standard InChI is InChI=1S/C48H51N7O9/c1-31-25-52-46(59)40(62-28-34-13-7-4-8-14-34)37(31)43(56)49-19-22-55(23-20-50-44(57)38-32(2)26-53-47(60)41(38)63-29-35-15-9-5-10-16-35)24-21-51-45(58)39-33(3)27-54-48(61)42(39)64-30-36-17-11-6-12-18-36/h4-18,25-27H,19-24,28-30H2,1-3H3,(H,49,56)(H,50,57)(H,51,58)(H,52,59)(H,53,60)(H,54,61). The Morgan fingerprint density at radius 1 is 0.453 bits per heavy atom. The second kappa shape index (κ2) is 22.4. The van der Waals surface area contributed by atoms with Crippen LogP contribution in [0.1, 0.15) is 64.5 Å². The number of aromatic amines is 3. The van der Waals surface area contributed by atoms with E-state index < -0.39 is 34.4 Å². The van der Waals surface area contributed by atoms with Crippen molar-refractivity contribution in [3.05, 3.63) is 191 Å². The predicted octanol–water partition coefficient (Wildman–Crippen LogP) is 4.31. The summed E-state index contributed by atoms with van der Waals surface area (Å²) < 4.78 is 17.6. The second-order valence-electron chi connectivity index (χ2n) is 14.9. The minimum atomic E-state index is -0.548. The average molecular weight is 870 g/mol. The van der Waals surface area contributed by atoms with Crippen LogP contribution in [0.25, 0.3) is 0 Å². The van der Waals surface area contributed by atoms with E-state index in [9.17, 15) is 28.8 Å². The summed E-state index contributed by atoms with van der Waals surface area (Å²) in [5.74, 6) is -1.87. The maximum absolute atomic E-state index is 13.7. The van der Waals surface area contributed by atoms with Gasteiger partial charge in [-0.05, 0) is 54.2 Å². The van der Waals surface area contributed by atoms with Crippen LogP contribution in [0.4, 0.5) is 0 Å². The fourth-order valence-corrected chi connectivity index (χ4v) is 6.84. The van der Waals surface area contributed by atoms with Gasteiger partial charge in [0.15, 0.2) is 17.2 Å². The number of hydrogen-bond donors (Lipinski definition) is 6. The summed E-state index contributed by atoms with van der Waals surface area (Å²) in [6, 6.07) is 27.8. The number of rotatable bonds is 21. The molecule has 64 heavy (non-hydrogen) atoms. The smallest absolute Gasteiger partial charge is 0.291 e. The Morgan fingerprint density at radius 2 is 0.719 bits per heavy atom. The molecule has 3 aromatic carbocycles. The molecule has 3 amide bonds. The lowest BCUT2D eigenvalue weighted by Gasteiger charge is -2.23. The van der Waals surface area contributed by atoms with Crippen LogP contribution in [-0.2, 0) is 19.8 Å². The molecule has 16 nitrogen and oxygen atoms in total. The second-order valence-corrected chi connectivity index (χ2v) is 14.9. The van der Waals surface area contributed by atoms with Crippen LogP contribution in [0, 0.1) is 20.8 Å². The summed E-state index contributed by atoms with van der Waals surface area (Å²) in [6.07, 6.45) is 4.35. The molecule has 0 aliphatic rings. The van der Waals surface area contributed by atoms with Crippen LogP contribution in [0.3, 0.4) is 0 Å². The Morgan fingerprint density at radius 3 is 0.984 bits per heavy atom. The number of ether oxygens (including phenoxy) is 3. The van der Waals surface area contributed by atoms with Crippen LogP contribution in [-0.4, -0.2) is 76.8 Å². The van der Waals surface area contributed by atoms with E-state index >= 15 is 0 Å². The summed E-state index contributed by atoms with van der Waals surface area (Å²) in [5.41, 5.74) is 2.63. The molecule has 0 saturated heterocycles. The number of carbonyl (C=O) groups is 3. The van der Waals surface area contributed by atoms with Crippen LogP contribution in [0.5, 0.6) is 17.2 Å². The average Bonchev–Trinajstić information content (AvgIpc) is 3.30. The Labute approximate surface area is 369 Å². The molecule has 0 fully saturated rings. The van der Waals surface area contributed by atoms with Gasteiger partial charge in [0, 0.05) is 57.9 Å². The fourth-order valence-electron chi connectivity index (χ4n) is 6.84. The Hall–Kier alpha value is -7.72. The zero-order valence-electron chi connectivity index (χ0n) is 35.9. The van der Waals surface area contributed by atoms with E-state index in [1.165, 1.54) is 18.6 Å². The molecule has 6 N–H and O–H groups in total. The van der Waals surface area contributed by atoms with E-state index in [0.29, 0.717) is 16.7 Å². The number of benzene rings is 3. The van der Waals surface area contributed by atoms with Crippen molar-refractivity contribution in [1.29, 1.82) is 0 Å². The Balaban J connectivity index is 1.14. The van der Waals surface area contributed by atoms with Gasteiger partial charge in [-0.25, -0.2) is 0 Å². The molecule has 3 heterocycles. The van der Waals surface area contributed by atoms with Crippen molar-refractivity contribution >= 4 is 17.7 Å². The van der Waals surface area contributed by atoms with Crippen LogP contribution in [0.15, 0.2) is 124 Å². The summed E-state index contributed by atoms with van der Waals surface area (Å²) >= 11 is 0. The van der Waals surface area contributed by atoms with E-state index in [4.69, 9.17) is 14.2 Å². The SMILES string of the molecule is Cc1c[nH]c(=O)c(OCc2ccccc2)c1C(=O)NCCN(CCNC(=O)c1c(C)c[nH]c(=O)c1OCc1ccccc1)CCNC(=O)c1c(C)c[nH]c(=O)c1OCc1ccccc1. The van der Waals surface area contributed by atoms with Crippen molar-refractivity contribution in [1.82, 2.24) is 35.8 Å². The normalized spacial score (nSPS) is 10.9. The van der Waals surface area contributed by atoms with E-state index in [2.05, 4.69) is 30.9 Å². The first-order chi connectivity index (χ1) is 31.0. The Bertz CT molecular complexity index is 2420. The molecule has 0 saturated carbocycles. The van der Waals surface area contributed by atoms with E-state index in [0.717, 1.165) is 16.7 Å². The molecule has 0 spiro atoms. The molecular weight excluding hydrogens is 819 g/mol. The third-order valence-corrected chi connectivity index (χ3v) is 10.2. The number of aromatic nitrogens is 3. The van der Waals surface area contributed by atoms with Crippen molar-refractivity contribution < 1.29 is 28.6 Å². The van der Waals surface area contributed by atoms with Gasteiger partial charge in [0.25, 0.3) is 34.4 Å². The summed E-state index contributed by atoms with van der Waals surface area (Å²) in [4.78, 5) is 89.4. The minimum Gasteiger partial charge on any atom is -0.482 e. The van der Waals surface area contributed by atoms with Gasteiger partial charge in [-0.3, -0.25) is 33.7 Å². The lowest BCUT2D eigenvalue weighted by molar-refractivity contribution is 0.0942. The molecule has 6 rings (SSSR count). The summed E-state index contributed by atoms with van der Waals surface area (Å²) in [5, 5.41) is 8.66. The largest absolute Gasteiger partial charge is 0.482 e. The van der Waals surface area contributed by atoms with E-state index in [1.807, 2.05) is 95.9 Å². The molecule has 0 aliphatic heterocycles. The first kappa shape index (κ1) is 45.8. The van der Waals surface area contributed by atoms with Crippen LogP contribution >= 0.6 is 0 Å². The molecule has 6 aromatic rings. The first-order valence-corrected chi connectivity index (χ1v) is 20.7. The van der Waals surface area contributed by atoms with Crippen molar-refractivity contribution in [2.75, 3.05) is 39.3 Å². The molecule has 16 heteroatoms. The molecule has 0 unspecified atom stereocenters. The van der Waals surface area contributed by atoms with Gasteiger partial charge in [0.1, 0.15) is 19.8 Å². The maximum atomic E-state index is 13.7. The van der Waals surface area contributed by atoms with Crippen molar-refractivity contribution in [3.8, 4) is 17.2 Å². The van der Waals surface area contributed by atoms with Crippen molar-refractivity contribution in [3.63, 3.8) is 0 Å². The number of pyridine rings is 3. The zero-order valence-corrected chi connectivity index (χ0v) is 35.9. The van der Waals surface area contributed by atoms with Gasteiger partial charge in [-0.1, -0.05) is 91.0 Å². The highest BCUT2D eigenvalue weighted by molar-refractivity contribution is 5.99. The molecule has 332 valence electrons. The quantitative estimate of drug-likeness (QED) is 0.0603. The number of amides is 3. The van der Waals surface area contributed by atoms with Crippen molar-refractivity contribution in [2.45, 2.75) is 40.6 Å². The lowest BCUT2D eigenvalue weighted by Crippen LogP contribution is -2.43. The molecule has 3 aromatic heterocycles. The van der Waals surface area contributed by atoms with Gasteiger partial charge in [0.05, 0.1) is 16.7 Å². The predicted molar refractivity (Wildman–Crippen MR) is 241 cm³/mol. The Kier molecular flexibility index (Phi) is 16.0. The van der Waals surface area contributed by atoms with Crippen molar-refractivity contribution in [2.24, 2.45) is 0 Å². The number of carbonyl (C=O) groups excluding carboxylic acids is 3. The topological polar surface area (TPSA) is 217 Å². The number of H-pyrrole nitrogens is 3. The zero-order chi connectivity index (χ0) is 45.4. The van der Waals surface area contributed by atoms with Gasteiger partial charge in [-0.15, -0.1) is 0 Å². The first-order valence-electron chi connectivity index (χ1n) is 20.7. The lowest BCUT2D eigenvalue weighted by atomic mass is 10.1. The highest BCUT2D eigenvalue weighted by Crippen LogP contribution is 2.21. The molecule has 0 radical (unpaired) electrons. The molecule has 0 aliphatic carbocycles. The number of nitrogens with zero attached hydrogens (tertiary/aromatic N) is 1. The molecular formula is C48H51N7O9. The van der Waals surface area contributed by atoms with E-state index in [-0.39, 0.29) is 93.0 Å². The third kappa shape index (κ3) is 12.2. The number of hydrogen-bond acceptors (Lipinski definition) is 10. The monoisotopic (exact) mass is 869 g/mol. The number of aryl methyl sites for hydroxylation is 3. The summed E-state index contributed by atoms with van der Waals surface area (Å²) in [7, 11) is 0. The van der Waals surface area contributed by atoms with Gasteiger partial charge >= 0.3 is 0 Å². The highest BCUT2D eigenvalue weighted by atomic mass is 16.5. The van der Waals surface area contributed by atoms with Crippen LogP contribution in [0.2, 0.25) is 0 Å². The van der Waals surface area contributed by atoms with Gasteiger partial charge < -0.3 is 45.1 Å². The van der Waals surface area contributed by atoms with Gasteiger partial charge in [0.2, 0.25) is 0 Å². The number of nitrogens with one attached hydrogen (secondary N) is 6. The fraction of sp³-hybridized carbons (Fsp3) is 0.250. The van der Waals surface area contributed by atoms with Crippen LogP contribution < -0.4 is 46.8 Å². The summed E-state index contributed by atoms with van der Waals surface area (Å²) in [6.45, 7) is 6.41. The molecule has 0 bridgehead atoms. The minimum absolute atomic E-state index is 0.0773. The molecule has 0 atom stereocenters. The third-order valence-electron chi connectivity index (χ3n) is 10.2. The maximum Gasteiger partial charge on any atom is 0.291 e. The highest BCUT2D eigenvalue weighted by Gasteiger charge is 2.23. The van der Waals surface area contributed by atoms with Gasteiger partial charge in [-0.2, -0.15) is 0 Å². The van der Waals surface area contributed by atoms with E-state index in [1.54, 1.807) is 20.8 Å².